The summed E-state index contributed by atoms with van der Waals surface area (Å²) >= 11 is 0. The lowest BCUT2D eigenvalue weighted by atomic mass is 10.2. The van der Waals surface area contributed by atoms with Crippen LogP contribution in [-0.4, -0.2) is 46.4 Å². The van der Waals surface area contributed by atoms with Crippen molar-refractivity contribution in [1.82, 2.24) is 20.4 Å². The van der Waals surface area contributed by atoms with E-state index in [1.807, 2.05) is 44.2 Å². The Bertz CT molecular complexity index is 703. The molecule has 25 heavy (non-hydrogen) atoms. The first-order valence-electron chi connectivity index (χ1n) is 8.66. The fourth-order valence-electron chi connectivity index (χ4n) is 2.89. The smallest absolute Gasteiger partial charge is 0.318 e. The second-order valence-electron chi connectivity index (χ2n) is 6.38. The van der Waals surface area contributed by atoms with Crippen LogP contribution in [0.5, 0.6) is 0 Å². The van der Waals surface area contributed by atoms with Gasteiger partial charge in [-0.2, -0.15) is 4.98 Å². The molecule has 7 heteroatoms. The van der Waals surface area contributed by atoms with Gasteiger partial charge in [0.05, 0.1) is 18.2 Å². The van der Waals surface area contributed by atoms with Crippen LogP contribution in [0.3, 0.4) is 0 Å². The van der Waals surface area contributed by atoms with Crippen LogP contribution in [-0.2, 0) is 4.74 Å². The Balaban J connectivity index is 1.63. The summed E-state index contributed by atoms with van der Waals surface area (Å²) in [7, 11) is 0. The molecule has 2 aromatic rings. The number of urea groups is 1. The van der Waals surface area contributed by atoms with Crippen molar-refractivity contribution in [1.29, 1.82) is 0 Å². The molecule has 1 fully saturated rings. The summed E-state index contributed by atoms with van der Waals surface area (Å²) in [6.45, 7) is 7.07. The molecule has 3 atom stereocenters. The number of rotatable bonds is 4. The minimum Gasteiger partial charge on any atom is -0.372 e. The maximum atomic E-state index is 12.5. The van der Waals surface area contributed by atoms with E-state index in [-0.39, 0.29) is 24.3 Å². The largest absolute Gasteiger partial charge is 0.372 e. The molecule has 2 heterocycles. The standard InChI is InChI=1S/C18H24N4O3/c1-4-15-11-22(10-12(2)24-15)18(23)19-13(3)16-20-17(25-21-16)14-8-6-5-7-9-14/h5-9,12-13,15H,4,10-11H2,1-3H3,(H,19,23)/t12-,13+,15+/m0/s1. The predicted octanol–water partition coefficient (Wildman–Crippen LogP) is 3.01. The normalized spacial score (nSPS) is 21.8. The number of ether oxygens (including phenoxy) is 1. The van der Waals surface area contributed by atoms with Crippen LogP contribution < -0.4 is 5.32 Å². The van der Waals surface area contributed by atoms with E-state index in [1.54, 1.807) is 4.90 Å². The van der Waals surface area contributed by atoms with Crippen LogP contribution in [0.1, 0.15) is 39.1 Å². The molecular weight excluding hydrogens is 320 g/mol. The van der Waals surface area contributed by atoms with Crippen LogP contribution in [0.4, 0.5) is 4.79 Å². The van der Waals surface area contributed by atoms with Crippen molar-refractivity contribution in [2.75, 3.05) is 13.1 Å². The van der Waals surface area contributed by atoms with Gasteiger partial charge in [-0.15, -0.1) is 0 Å². The molecule has 2 amide bonds. The van der Waals surface area contributed by atoms with Crippen molar-refractivity contribution in [3.63, 3.8) is 0 Å². The number of hydrogen-bond acceptors (Lipinski definition) is 5. The van der Waals surface area contributed by atoms with Crippen molar-refractivity contribution in [3.05, 3.63) is 36.2 Å². The number of hydrogen-bond donors (Lipinski definition) is 1. The molecule has 0 saturated carbocycles. The average Bonchev–Trinajstić information content (AvgIpc) is 3.12. The fourth-order valence-corrected chi connectivity index (χ4v) is 2.89. The van der Waals surface area contributed by atoms with E-state index >= 15 is 0 Å². The molecule has 0 bridgehead atoms. The van der Waals surface area contributed by atoms with Gasteiger partial charge in [0.1, 0.15) is 0 Å². The summed E-state index contributed by atoms with van der Waals surface area (Å²) in [6, 6.07) is 9.08. The molecule has 1 aromatic carbocycles. The first-order valence-corrected chi connectivity index (χ1v) is 8.66. The molecule has 0 aliphatic carbocycles. The number of nitrogens with zero attached hydrogens (tertiary/aromatic N) is 3. The molecule has 7 nitrogen and oxygen atoms in total. The van der Waals surface area contributed by atoms with Gasteiger partial charge in [0.2, 0.25) is 0 Å². The number of amides is 2. The molecule has 1 N–H and O–H groups in total. The van der Waals surface area contributed by atoms with Crippen molar-refractivity contribution in [2.24, 2.45) is 0 Å². The summed E-state index contributed by atoms with van der Waals surface area (Å²) in [5.74, 6) is 0.906. The monoisotopic (exact) mass is 344 g/mol. The highest BCUT2D eigenvalue weighted by atomic mass is 16.5. The van der Waals surface area contributed by atoms with Crippen molar-refractivity contribution in [3.8, 4) is 11.5 Å². The first kappa shape index (κ1) is 17.4. The average molecular weight is 344 g/mol. The van der Waals surface area contributed by atoms with Gasteiger partial charge in [-0.3, -0.25) is 0 Å². The van der Waals surface area contributed by atoms with Gasteiger partial charge in [0.15, 0.2) is 5.82 Å². The van der Waals surface area contributed by atoms with Gasteiger partial charge < -0.3 is 19.5 Å². The van der Waals surface area contributed by atoms with E-state index in [9.17, 15) is 4.79 Å². The third-order valence-electron chi connectivity index (χ3n) is 4.26. The van der Waals surface area contributed by atoms with E-state index in [4.69, 9.17) is 9.26 Å². The van der Waals surface area contributed by atoms with Crippen LogP contribution in [0.15, 0.2) is 34.9 Å². The lowest BCUT2D eigenvalue weighted by molar-refractivity contribution is -0.0648. The highest BCUT2D eigenvalue weighted by Crippen LogP contribution is 2.19. The molecule has 1 aliphatic heterocycles. The molecule has 0 spiro atoms. The van der Waals surface area contributed by atoms with Gasteiger partial charge in [-0.1, -0.05) is 30.3 Å². The fraction of sp³-hybridized carbons (Fsp3) is 0.500. The Kier molecular flexibility index (Phi) is 5.33. The zero-order chi connectivity index (χ0) is 17.8. The third kappa shape index (κ3) is 4.17. The summed E-state index contributed by atoms with van der Waals surface area (Å²) in [5, 5.41) is 6.94. The number of carbonyl (C=O) groups is 1. The van der Waals surface area contributed by atoms with Gasteiger partial charge >= 0.3 is 6.03 Å². The summed E-state index contributed by atoms with van der Waals surface area (Å²) in [5.41, 5.74) is 0.854. The molecule has 0 radical (unpaired) electrons. The zero-order valence-corrected chi connectivity index (χ0v) is 14.8. The molecule has 0 unspecified atom stereocenters. The number of morpholine rings is 1. The van der Waals surface area contributed by atoms with E-state index in [0.29, 0.717) is 24.8 Å². The van der Waals surface area contributed by atoms with Gasteiger partial charge in [-0.25, -0.2) is 4.79 Å². The topological polar surface area (TPSA) is 80.5 Å². The SMILES string of the molecule is CC[C@@H]1CN(C(=O)N[C@H](C)c2noc(-c3ccccc3)n2)C[C@H](C)O1. The number of benzene rings is 1. The Hall–Kier alpha value is -2.41. The lowest BCUT2D eigenvalue weighted by Gasteiger charge is -2.36. The van der Waals surface area contributed by atoms with Crippen molar-refractivity contribution >= 4 is 6.03 Å². The molecule has 1 aliphatic rings. The highest BCUT2D eigenvalue weighted by Gasteiger charge is 2.28. The van der Waals surface area contributed by atoms with E-state index in [1.165, 1.54) is 0 Å². The molecular formula is C18H24N4O3. The first-order chi connectivity index (χ1) is 12.1. The second-order valence-corrected chi connectivity index (χ2v) is 6.38. The number of aromatic nitrogens is 2. The minimum atomic E-state index is -0.341. The van der Waals surface area contributed by atoms with Gasteiger partial charge in [0, 0.05) is 18.7 Å². The summed E-state index contributed by atoms with van der Waals surface area (Å²) in [6.07, 6.45) is 1.00. The summed E-state index contributed by atoms with van der Waals surface area (Å²) in [4.78, 5) is 18.7. The van der Waals surface area contributed by atoms with Crippen LogP contribution in [0.25, 0.3) is 11.5 Å². The third-order valence-corrected chi connectivity index (χ3v) is 4.26. The maximum Gasteiger partial charge on any atom is 0.318 e. The molecule has 1 aromatic heterocycles. The van der Waals surface area contributed by atoms with Gasteiger partial charge in [0.25, 0.3) is 5.89 Å². The molecule has 3 rings (SSSR count). The number of carbonyl (C=O) groups excluding carboxylic acids is 1. The van der Waals surface area contributed by atoms with Crippen LogP contribution >= 0.6 is 0 Å². The molecule has 134 valence electrons. The molecule has 1 saturated heterocycles. The Morgan fingerprint density at radius 1 is 1.36 bits per heavy atom. The highest BCUT2D eigenvalue weighted by molar-refractivity contribution is 5.74. The van der Waals surface area contributed by atoms with Crippen LogP contribution in [0.2, 0.25) is 0 Å². The van der Waals surface area contributed by atoms with E-state index in [2.05, 4.69) is 22.4 Å². The Morgan fingerprint density at radius 3 is 2.84 bits per heavy atom. The summed E-state index contributed by atoms with van der Waals surface area (Å²) < 4.78 is 11.1. The van der Waals surface area contributed by atoms with Crippen LogP contribution in [0, 0.1) is 0 Å². The van der Waals surface area contributed by atoms with Gasteiger partial charge in [-0.05, 0) is 32.4 Å². The van der Waals surface area contributed by atoms with E-state index in [0.717, 1.165) is 12.0 Å². The number of nitrogens with one attached hydrogen (secondary N) is 1. The van der Waals surface area contributed by atoms with Crippen molar-refractivity contribution < 1.29 is 14.1 Å². The lowest BCUT2D eigenvalue weighted by Crippen LogP contribution is -2.52. The Labute approximate surface area is 147 Å². The van der Waals surface area contributed by atoms with Crippen molar-refractivity contribution in [2.45, 2.75) is 45.4 Å². The minimum absolute atomic E-state index is 0.0367. The quantitative estimate of drug-likeness (QED) is 0.922. The van der Waals surface area contributed by atoms with E-state index < -0.39 is 0 Å². The second kappa shape index (κ2) is 7.65. The Morgan fingerprint density at radius 2 is 2.12 bits per heavy atom. The zero-order valence-electron chi connectivity index (χ0n) is 14.8. The maximum absolute atomic E-state index is 12.5. The predicted molar refractivity (Wildman–Crippen MR) is 92.9 cm³/mol.